The van der Waals surface area contributed by atoms with Gasteiger partial charge < -0.3 is 9.88 Å². The van der Waals surface area contributed by atoms with E-state index < -0.39 is 10.0 Å². The fourth-order valence-corrected chi connectivity index (χ4v) is 6.49. The van der Waals surface area contributed by atoms with Crippen LogP contribution in [-0.2, 0) is 21.9 Å². The summed E-state index contributed by atoms with van der Waals surface area (Å²) in [7, 11) is 0.187. The first-order chi connectivity index (χ1) is 15.4. The summed E-state index contributed by atoms with van der Waals surface area (Å²) < 4.78 is 29.6. The molecular weight excluding hydrogens is 424 g/mol. The molecule has 7 nitrogen and oxygen atoms in total. The summed E-state index contributed by atoms with van der Waals surface area (Å²) in [4.78, 5) is 15.2. The molecule has 1 aromatic heterocycles. The maximum absolute atomic E-state index is 13.0. The van der Waals surface area contributed by atoms with Crippen molar-refractivity contribution in [3.8, 4) is 0 Å². The van der Waals surface area contributed by atoms with Crippen LogP contribution in [0.3, 0.4) is 0 Å². The molecule has 0 radical (unpaired) electrons. The minimum Gasteiger partial charge on any atom is -0.353 e. The lowest BCUT2D eigenvalue weighted by atomic mass is 9.96. The zero-order valence-corrected chi connectivity index (χ0v) is 19.9. The number of nitrogens with zero attached hydrogens (tertiary/aromatic N) is 3. The number of sulfonamides is 1. The second kappa shape index (κ2) is 9.77. The first kappa shape index (κ1) is 23.0. The van der Waals surface area contributed by atoms with E-state index in [0.29, 0.717) is 12.2 Å². The van der Waals surface area contributed by atoms with Crippen LogP contribution >= 0.6 is 0 Å². The van der Waals surface area contributed by atoms with Crippen molar-refractivity contribution in [3.63, 3.8) is 0 Å². The fraction of sp³-hybridized carbons (Fsp3) is 0.542. The van der Waals surface area contributed by atoms with Gasteiger partial charge in [0.15, 0.2) is 0 Å². The van der Waals surface area contributed by atoms with Crippen molar-refractivity contribution in [1.82, 2.24) is 13.8 Å². The molecule has 1 aliphatic carbocycles. The van der Waals surface area contributed by atoms with Gasteiger partial charge in [0.25, 0.3) is 0 Å². The fourth-order valence-electron chi connectivity index (χ4n) is 5.07. The topological polar surface area (TPSA) is 74.7 Å². The van der Waals surface area contributed by atoms with Gasteiger partial charge in [-0.05, 0) is 68.6 Å². The molecule has 0 bridgehead atoms. The van der Waals surface area contributed by atoms with Crippen molar-refractivity contribution in [2.75, 3.05) is 25.5 Å². The van der Waals surface area contributed by atoms with Crippen LogP contribution in [0, 0.1) is 0 Å². The molecule has 2 aliphatic rings. The Bertz CT molecular complexity index is 1030. The van der Waals surface area contributed by atoms with Gasteiger partial charge in [0.05, 0.1) is 17.5 Å². The van der Waals surface area contributed by atoms with E-state index in [1.807, 2.05) is 19.3 Å². The van der Waals surface area contributed by atoms with Crippen molar-refractivity contribution in [2.45, 2.75) is 61.9 Å². The van der Waals surface area contributed by atoms with Crippen molar-refractivity contribution < 1.29 is 13.2 Å². The number of likely N-dealkylation sites (tertiary alicyclic amines) is 1. The molecule has 8 heteroatoms. The Morgan fingerprint density at radius 1 is 1.06 bits per heavy atom. The number of aromatic nitrogens is 1. The largest absolute Gasteiger partial charge is 0.353 e. The smallest absolute Gasteiger partial charge is 0.243 e. The molecular formula is C24H34N4O3S. The highest BCUT2D eigenvalue weighted by atomic mass is 32.2. The highest BCUT2D eigenvalue weighted by molar-refractivity contribution is 7.89. The predicted octanol–water partition coefficient (Wildman–Crippen LogP) is 3.75. The number of aryl methyl sites for hydroxylation is 1. The lowest BCUT2D eigenvalue weighted by Gasteiger charge is -2.30. The lowest BCUT2D eigenvalue weighted by molar-refractivity contribution is -0.117. The van der Waals surface area contributed by atoms with Gasteiger partial charge in [-0.15, -0.1) is 0 Å². The standard InChI is InChI=1S/C24H34N4O3S/c1-26-16-6-10-22(26)23-11-7-17-28(23)18-24(29)25-19-12-14-21(15-13-19)32(30,31)27(2)20-8-4-3-5-9-20/h6,10,12-16,20,23H,3-5,7-9,11,17-18H2,1-2H3,(H,25,29)/t23-/m1/s1. The Kier molecular flexibility index (Phi) is 7.02. The molecule has 1 saturated heterocycles. The van der Waals surface area contributed by atoms with Gasteiger partial charge in [-0.1, -0.05) is 19.3 Å². The van der Waals surface area contributed by atoms with E-state index in [1.54, 1.807) is 31.3 Å². The van der Waals surface area contributed by atoms with Gasteiger partial charge in [-0.2, -0.15) is 4.31 Å². The molecule has 0 spiro atoms. The molecule has 2 fully saturated rings. The summed E-state index contributed by atoms with van der Waals surface area (Å²) in [5.74, 6) is -0.0824. The zero-order valence-electron chi connectivity index (χ0n) is 19.0. The Morgan fingerprint density at radius 3 is 2.44 bits per heavy atom. The third-order valence-corrected chi connectivity index (χ3v) is 8.86. The van der Waals surface area contributed by atoms with Crippen molar-refractivity contribution in [1.29, 1.82) is 0 Å². The molecule has 32 heavy (non-hydrogen) atoms. The molecule has 1 N–H and O–H groups in total. The number of hydrogen-bond acceptors (Lipinski definition) is 4. The summed E-state index contributed by atoms with van der Waals surface area (Å²) >= 11 is 0. The first-order valence-corrected chi connectivity index (χ1v) is 13.0. The molecule has 2 aromatic rings. The van der Waals surface area contributed by atoms with Gasteiger partial charge in [0.2, 0.25) is 15.9 Å². The summed E-state index contributed by atoms with van der Waals surface area (Å²) in [6.07, 6.45) is 9.34. The number of nitrogens with one attached hydrogen (secondary N) is 1. The number of anilines is 1. The average molecular weight is 459 g/mol. The Labute approximate surface area is 191 Å². The summed E-state index contributed by atoms with van der Waals surface area (Å²) in [6, 6.07) is 11.0. The van der Waals surface area contributed by atoms with Crippen LogP contribution in [0.1, 0.15) is 56.7 Å². The van der Waals surface area contributed by atoms with E-state index >= 15 is 0 Å². The highest BCUT2D eigenvalue weighted by Crippen LogP contribution is 2.31. The summed E-state index contributed by atoms with van der Waals surface area (Å²) in [5.41, 5.74) is 1.84. The molecule has 4 rings (SSSR count). The van der Waals surface area contributed by atoms with Crippen LogP contribution in [0.2, 0.25) is 0 Å². The monoisotopic (exact) mass is 458 g/mol. The summed E-state index contributed by atoms with van der Waals surface area (Å²) in [6.45, 7) is 1.22. The molecule has 174 valence electrons. The van der Waals surface area contributed by atoms with Crippen LogP contribution in [-0.4, -0.2) is 54.3 Å². The normalized spacial score (nSPS) is 20.7. The summed E-state index contributed by atoms with van der Waals surface area (Å²) in [5, 5.41) is 2.92. The van der Waals surface area contributed by atoms with E-state index in [9.17, 15) is 13.2 Å². The van der Waals surface area contributed by atoms with Crippen molar-refractivity contribution >= 4 is 21.6 Å². The molecule has 1 aromatic carbocycles. The van der Waals surface area contributed by atoms with Crippen LogP contribution < -0.4 is 5.32 Å². The van der Waals surface area contributed by atoms with E-state index in [0.717, 1.165) is 45.1 Å². The van der Waals surface area contributed by atoms with Crippen LogP contribution in [0.5, 0.6) is 0 Å². The van der Waals surface area contributed by atoms with Gasteiger partial charge in [0, 0.05) is 37.7 Å². The van der Waals surface area contributed by atoms with Gasteiger partial charge in [0.1, 0.15) is 0 Å². The number of rotatable bonds is 7. The molecule has 1 amide bonds. The number of carbonyl (C=O) groups excluding carboxylic acids is 1. The molecule has 1 saturated carbocycles. The van der Waals surface area contributed by atoms with Crippen LogP contribution in [0.4, 0.5) is 5.69 Å². The van der Waals surface area contributed by atoms with Gasteiger partial charge in [-0.3, -0.25) is 9.69 Å². The maximum Gasteiger partial charge on any atom is 0.243 e. The molecule has 0 unspecified atom stereocenters. The van der Waals surface area contributed by atoms with Crippen molar-refractivity contribution in [2.24, 2.45) is 7.05 Å². The Balaban J connectivity index is 1.37. The van der Waals surface area contributed by atoms with Crippen molar-refractivity contribution in [3.05, 3.63) is 48.3 Å². The lowest BCUT2D eigenvalue weighted by Crippen LogP contribution is -2.38. The second-order valence-corrected chi connectivity index (χ2v) is 11.1. The minimum atomic E-state index is -3.53. The molecule has 2 heterocycles. The van der Waals surface area contributed by atoms with E-state index in [1.165, 1.54) is 16.4 Å². The van der Waals surface area contributed by atoms with Gasteiger partial charge >= 0.3 is 0 Å². The Hall–Kier alpha value is -2.16. The highest BCUT2D eigenvalue weighted by Gasteiger charge is 2.30. The molecule has 1 aliphatic heterocycles. The first-order valence-electron chi connectivity index (χ1n) is 11.6. The molecule has 1 atom stereocenters. The van der Waals surface area contributed by atoms with Gasteiger partial charge in [-0.25, -0.2) is 8.42 Å². The predicted molar refractivity (Wildman–Crippen MR) is 126 cm³/mol. The third kappa shape index (κ3) is 4.92. The van der Waals surface area contributed by atoms with E-state index in [2.05, 4.69) is 20.9 Å². The minimum absolute atomic E-state index is 0.0748. The zero-order chi connectivity index (χ0) is 22.7. The Morgan fingerprint density at radius 2 is 1.78 bits per heavy atom. The van der Waals surface area contributed by atoms with Crippen LogP contribution in [0.15, 0.2) is 47.5 Å². The number of hydrogen-bond donors (Lipinski definition) is 1. The SMILES string of the molecule is CN(C1CCCCC1)S(=O)(=O)c1ccc(NC(=O)CN2CCC[C@@H]2c2cccn2C)cc1. The average Bonchev–Trinajstić information content (AvgIpc) is 3.42. The quantitative estimate of drug-likeness (QED) is 0.686. The third-order valence-electron chi connectivity index (χ3n) is 6.94. The maximum atomic E-state index is 13.0. The number of amides is 1. The number of benzene rings is 1. The number of carbonyl (C=O) groups is 1. The second-order valence-electron chi connectivity index (χ2n) is 9.06. The van der Waals surface area contributed by atoms with E-state index in [-0.39, 0.29) is 22.9 Å². The van der Waals surface area contributed by atoms with E-state index in [4.69, 9.17) is 0 Å². The van der Waals surface area contributed by atoms with Crippen LogP contribution in [0.25, 0.3) is 0 Å².